The van der Waals surface area contributed by atoms with Gasteiger partial charge in [-0.25, -0.2) is 0 Å². The highest BCUT2D eigenvalue weighted by Crippen LogP contribution is 2.33. The topological polar surface area (TPSA) is 49.8 Å². The van der Waals surface area contributed by atoms with Crippen LogP contribution in [-0.2, 0) is 0 Å². The van der Waals surface area contributed by atoms with Crippen molar-refractivity contribution in [1.82, 2.24) is 4.90 Å². The van der Waals surface area contributed by atoms with Gasteiger partial charge >= 0.3 is 0 Å². The zero-order valence-electron chi connectivity index (χ0n) is 15.0. The number of benzene rings is 2. The Bertz CT molecular complexity index is 978. The van der Waals surface area contributed by atoms with Gasteiger partial charge in [0.1, 0.15) is 18.5 Å². The van der Waals surface area contributed by atoms with Crippen molar-refractivity contribution >= 4 is 31.5 Å². The van der Waals surface area contributed by atoms with Gasteiger partial charge in [0.05, 0.1) is 0 Å². The van der Waals surface area contributed by atoms with E-state index < -0.39 is 6.10 Å². The molecule has 1 N–H and O–H groups in total. The Kier molecular flexibility index (Phi) is 5.08. The number of fused-ring (bicyclic) bond motifs is 2. The smallest absolute Gasteiger partial charge is 0.196 e. The molecule has 0 aliphatic carbocycles. The van der Waals surface area contributed by atoms with E-state index in [0.717, 1.165) is 25.9 Å². The summed E-state index contributed by atoms with van der Waals surface area (Å²) in [6, 6.07) is 9.52. The molecule has 2 aromatic carbocycles. The van der Waals surface area contributed by atoms with Crippen molar-refractivity contribution < 1.29 is 9.84 Å². The van der Waals surface area contributed by atoms with E-state index >= 15 is 0 Å². The van der Waals surface area contributed by atoms with Crippen molar-refractivity contribution in [3.05, 3.63) is 51.7 Å². The fourth-order valence-electron chi connectivity index (χ4n) is 2.97. The molecular formula is C20H23NO3S. The molecule has 0 aliphatic rings. The van der Waals surface area contributed by atoms with Gasteiger partial charge in [-0.15, -0.1) is 11.3 Å². The third kappa shape index (κ3) is 3.54. The molecular weight excluding hydrogens is 334 g/mol. The van der Waals surface area contributed by atoms with Gasteiger partial charge in [-0.3, -0.25) is 4.79 Å². The molecule has 1 heterocycles. The zero-order chi connectivity index (χ0) is 18.1. The van der Waals surface area contributed by atoms with Crippen molar-refractivity contribution in [2.24, 2.45) is 0 Å². The van der Waals surface area contributed by atoms with Crippen LogP contribution in [0.5, 0.6) is 5.75 Å². The van der Waals surface area contributed by atoms with Crippen molar-refractivity contribution in [3.8, 4) is 5.75 Å². The molecule has 0 bridgehead atoms. The molecule has 0 radical (unpaired) electrons. The first kappa shape index (κ1) is 17.9. The van der Waals surface area contributed by atoms with Gasteiger partial charge < -0.3 is 14.7 Å². The molecule has 4 nitrogen and oxygen atoms in total. The maximum Gasteiger partial charge on any atom is 0.196 e. The number of nitrogens with zero attached hydrogens (tertiary/aromatic N) is 1. The van der Waals surface area contributed by atoms with Crippen LogP contribution in [0.1, 0.15) is 11.1 Å². The number of hydrogen-bond acceptors (Lipinski definition) is 5. The van der Waals surface area contributed by atoms with Gasteiger partial charge in [-0.05, 0) is 57.3 Å². The Labute approximate surface area is 151 Å². The van der Waals surface area contributed by atoms with Gasteiger partial charge in [0.2, 0.25) is 0 Å². The van der Waals surface area contributed by atoms with Gasteiger partial charge in [0.25, 0.3) is 0 Å². The van der Waals surface area contributed by atoms with E-state index in [1.54, 1.807) is 11.3 Å². The number of hydrogen-bond donors (Lipinski definition) is 1. The van der Waals surface area contributed by atoms with Crippen LogP contribution in [0.15, 0.2) is 35.1 Å². The van der Waals surface area contributed by atoms with E-state index in [4.69, 9.17) is 4.74 Å². The van der Waals surface area contributed by atoms with Crippen LogP contribution in [-0.4, -0.2) is 43.4 Å². The maximum absolute atomic E-state index is 12.9. The van der Waals surface area contributed by atoms with E-state index in [0.29, 0.717) is 17.7 Å². The molecule has 0 fully saturated rings. The van der Waals surface area contributed by atoms with Gasteiger partial charge in [0, 0.05) is 26.7 Å². The van der Waals surface area contributed by atoms with Crippen LogP contribution in [0.25, 0.3) is 20.2 Å². The molecule has 25 heavy (non-hydrogen) atoms. The van der Waals surface area contributed by atoms with Crippen LogP contribution in [0.3, 0.4) is 0 Å². The molecule has 3 rings (SSSR count). The Morgan fingerprint density at radius 2 is 1.88 bits per heavy atom. The summed E-state index contributed by atoms with van der Waals surface area (Å²) >= 11 is 1.64. The van der Waals surface area contributed by atoms with E-state index in [2.05, 4.69) is 0 Å². The highest BCUT2D eigenvalue weighted by molar-refractivity contribution is 7.24. The Balaban J connectivity index is 2.06. The molecule has 0 amide bonds. The standard InChI is InChI=1S/C20H23NO3S/c1-12-13(2)20-16(9-17(12)24-11-14(22)10-21(3)4)19(23)15-7-5-6-8-18(15)25-20/h5-9,14,22H,10-11H2,1-4H3. The molecule has 0 saturated heterocycles. The van der Waals surface area contributed by atoms with Crippen molar-refractivity contribution in [1.29, 1.82) is 0 Å². The largest absolute Gasteiger partial charge is 0.491 e. The van der Waals surface area contributed by atoms with Gasteiger partial charge in [-0.2, -0.15) is 0 Å². The van der Waals surface area contributed by atoms with E-state index in [1.165, 1.54) is 0 Å². The van der Waals surface area contributed by atoms with Crippen LogP contribution < -0.4 is 10.2 Å². The van der Waals surface area contributed by atoms with Crippen molar-refractivity contribution in [3.63, 3.8) is 0 Å². The lowest BCUT2D eigenvalue weighted by Crippen LogP contribution is -2.30. The predicted molar refractivity (Wildman–Crippen MR) is 105 cm³/mol. The lowest BCUT2D eigenvalue weighted by molar-refractivity contribution is 0.0829. The van der Waals surface area contributed by atoms with E-state index in [-0.39, 0.29) is 12.0 Å². The van der Waals surface area contributed by atoms with E-state index in [1.807, 2.05) is 63.2 Å². The third-order valence-corrected chi connectivity index (χ3v) is 5.69. The Morgan fingerprint density at radius 3 is 2.60 bits per heavy atom. The zero-order valence-corrected chi connectivity index (χ0v) is 15.8. The number of aliphatic hydroxyl groups excluding tert-OH is 1. The lowest BCUT2D eigenvalue weighted by atomic mass is 10.1. The SMILES string of the molecule is Cc1c(OCC(O)CN(C)C)cc2c(=O)c3ccccc3sc2c1C. The van der Waals surface area contributed by atoms with Crippen LogP contribution in [0.2, 0.25) is 0 Å². The summed E-state index contributed by atoms with van der Waals surface area (Å²) in [5.41, 5.74) is 2.10. The minimum absolute atomic E-state index is 0.0335. The summed E-state index contributed by atoms with van der Waals surface area (Å²) in [6.07, 6.45) is -0.573. The molecule has 132 valence electrons. The fraction of sp³-hybridized carbons (Fsp3) is 0.350. The summed E-state index contributed by atoms with van der Waals surface area (Å²) < 4.78 is 7.84. The van der Waals surface area contributed by atoms with Crippen LogP contribution >= 0.6 is 11.3 Å². The second kappa shape index (κ2) is 7.12. The summed E-state index contributed by atoms with van der Waals surface area (Å²) in [7, 11) is 3.82. The fourth-order valence-corrected chi connectivity index (χ4v) is 4.18. The molecule has 1 aromatic heterocycles. The molecule has 0 spiro atoms. The third-order valence-electron chi connectivity index (χ3n) is 4.39. The second-order valence-electron chi connectivity index (χ2n) is 6.66. The average molecular weight is 357 g/mol. The lowest BCUT2D eigenvalue weighted by Gasteiger charge is -2.18. The number of rotatable bonds is 5. The van der Waals surface area contributed by atoms with Crippen molar-refractivity contribution in [2.45, 2.75) is 20.0 Å². The summed E-state index contributed by atoms with van der Waals surface area (Å²) in [5.74, 6) is 0.669. The summed E-state index contributed by atoms with van der Waals surface area (Å²) in [4.78, 5) is 14.8. The molecule has 0 saturated carbocycles. The number of likely N-dealkylation sites (N-methyl/N-ethyl adjacent to an activating group) is 1. The Morgan fingerprint density at radius 1 is 1.16 bits per heavy atom. The number of aryl methyl sites for hydroxylation is 1. The van der Waals surface area contributed by atoms with E-state index in [9.17, 15) is 9.90 Å². The monoisotopic (exact) mass is 357 g/mol. The molecule has 5 heteroatoms. The normalized spacial score (nSPS) is 12.9. The number of ether oxygens (including phenoxy) is 1. The minimum atomic E-state index is -0.573. The highest BCUT2D eigenvalue weighted by atomic mass is 32.1. The van der Waals surface area contributed by atoms with Crippen LogP contribution in [0.4, 0.5) is 0 Å². The predicted octanol–water partition coefficient (Wildman–Crippen LogP) is 3.33. The van der Waals surface area contributed by atoms with Crippen molar-refractivity contribution in [2.75, 3.05) is 27.2 Å². The first-order valence-corrected chi connectivity index (χ1v) is 9.11. The quantitative estimate of drug-likeness (QED) is 0.712. The average Bonchev–Trinajstić information content (AvgIpc) is 2.57. The minimum Gasteiger partial charge on any atom is -0.491 e. The second-order valence-corrected chi connectivity index (χ2v) is 7.71. The summed E-state index contributed by atoms with van der Waals surface area (Å²) in [5, 5.41) is 11.4. The first-order chi connectivity index (χ1) is 11.9. The molecule has 3 aromatic rings. The van der Waals surface area contributed by atoms with Crippen LogP contribution in [0, 0.1) is 13.8 Å². The number of aliphatic hydroxyl groups is 1. The highest BCUT2D eigenvalue weighted by Gasteiger charge is 2.15. The van der Waals surface area contributed by atoms with Gasteiger partial charge in [0.15, 0.2) is 5.43 Å². The molecule has 1 unspecified atom stereocenters. The van der Waals surface area contributed by atoms with Gasteiger partial charge in [-0.1, -0.05) is 12.1 Å². The summed E-state index contributed by atoms with van der Waals surface area (Å²) in [6.45, 7) is 4.75. The first-order valence-electron chi connectivity index (χ1n) is 8.30. The Hall–Kier alpha value is -1.95. The maximum atomic E-state index is 12.9. The molecule has 1 atom stereocenters. The molecule has 0 aliphatic heterocycles.